The molecule has 4 heteroatoms. The highest BCUT2D eigenvalue weighted by Crippen LogP contribution is 2.39. The third-order valence-corrected chi connectivity index (χ3v) is 3.76. The van der Waals surface area contributed by atoms with E-state index in [1.807, 2.05) is 11.1 Å². The zero-order valence-electron chi connectivity index (χ0n) is 9.63. The summed E-state index contributed by atoms with van der Waals surface area (Å²) in [4.78, 5) is 5.69. The molecular weight excluding hydrogens is 245 g/mol. The number of halogens is 2. The van der Waals surface area contributed by atoms with Crippen LogP contribution in [0.1, 0.15) is 20.8 Å². The molecule has 88 valence electrons. The second kappa shape index (κ2) is 4.10. The summed E-state index contributed by atoms with van der Waals surface area (Å²) in [6.07, 6.45) is 0. The second-order valence-electron chi connectivity index (χ2n) is 4.86. The molecule has 0 N–H and O–H groups in total. The molecule has 1 aliphatic heterocycles. The fourth-order valence-electron chi connectivity index (χ4n) is 1.72. The predicted octanol–water partition coefficient (Wildman–Crippen LogP) is 4.16. The summed E-state index contributed by atoms with van der Waals surface area (Å²) in [5, 5.41) is 3.18. The first kappa shape index (κ1) is 12.0. The Morgan fingerprint density at radius 1 is 1.38 bits per heavy atom. The Bertz CT molecular complexity index is 406. The van der Waals surface area contributed by atoms with Crippen LogP contribution in [0.25, 0.3) is 0 Å². The molecule has 0 aromatic heterocycles. The number of benzene rings is 1. The lowest BCUT2D eigenvalue weighted by Gasteiger charge is -2.28. The summed E-state index contributed by atoms with van der Waals surface area (Å²) < 4.78 is 0. The SMILES string of the molecule is CC1N(c2cc(Cl)ccc2Cl)OCC1(C)C. The second-order valence-corrected chi connectivity index (χ2v) is 5.70. The molecule has 2 nitrogen and oxygen atoms in total. The van der Waals surface area contributed by atoms with Crippen molar-refractivity contribution in [3.8, 4) is 0 Å². The van der Waals surface area contributed by atoms with Crippen molar-refractivity contribution in [3.05, 3.63) is 28.2 Å². The number of hydroxylamine groups is 1. The van der Waals surface area contributed by atoms with E-state index < -0.39 is 0 Å². The van der Waals surface area contributed by atoms with Gasteiger partial charge in [0.15, 0.2) is 0 Å². The first-order valence-electron chi connectivity index (χ1n) is 5.29. The summed E-state index contributed by atoms with van der Waals surface area (Å²) in [5.74, 6) is 0. The van der Waals surface area contributed by atoms with Crippen LogP contribution in [0, 0.1) is 5.41 Å². The molecule has 1 saturated heterocycles. The van der Waals surface area contributed by atoms with E-state index in [0.717, 1.165) is 5.69 Å². The lowest BCUT2D eigenvalue weighted by atomic mass is 9.87. The van der Waals surface area contributed by atoms with Gasteiger partial charge in [-0.3, -0.25) is 4.84 Å². The molecule has 0 amide bonds. The standard InChI is InChI=1S/C12H15Cl2NO/c1-8-12(2,3)7-16-15(8)11-6-9(13)4-5-10(11)14/h4-6,8H,7H2,1-3H3. The van der Waals surface area contributed by atoms with Gasteiger partial charge in [-0.05, 0) is 25.1 Å². The van der Waals surface area contributed by atoms with E-state index in [0.29, 0.717) is 16.7 Å². The van der Waals surface area contributed by atoms with Crippen LogP contribution in [0.4, 0.5) is 5.69 Å². The molecule has 0 bridgehead atoms. The molecule has 1 unspecified atom stereocenters. The first-order chi connectivity index (χ1) is 7.42. The Morgan fingerprint density at radius 3 is 2.62 bits per heavy atom. The summed E-state index contributed by atoms with van der Waals surface area (Å²) in [6, 6.07) is 5.67. The Kier molecular flexibility index (Phi) is 3.08. The van der Waals surface area contributed by atoms with Crippen LogP contribution in [0.5, 0.6) is 0 Å². The average Bonchev–Trinajstić information content (AvgIpc) is 2.47. The minimum absolute atomic E-state index is 0.117. The van der Waals surface area contributed by atoms with Crippen LogP contribution in [0.2, 0.25) is 10.0 Å². The van der Waals surface area contributed by atoms with Gasteiger partial charge in [0.2, 0.25) is 0 Å². The molecule has 0 aliphatic carbocycles. The van der Waals surface area contributed by atoms with E-state index in [1.165, 1.54) is 0 Å². The number of rotatable bonds is 1. The first-order valence-corrected chi connectivity index (χ1v) is 6.04. The van der Waals surface area contributed by atoms with Crippen molar-refractivity contribution in [2.75, 3.05) is 11.7 Å². The maximum absolute atomic E-state index is 6.15. The maximum atomic E-state index is 6.15. The number of hydrogen-bond donors (Lipinski definition) is 0. The number of nitrogens with zero attached hydrogens (tertiary/aromatic N) is 1. The number of anilines is 1. The Hall–Kier alpha value is -0.440. The van der Waals surface area contributed by atoms with Gasteiger partial charge < -0.3 is 0 Å². The topological polar surface area (TPSA) is 12.5 Å². The predicted molar refractivity (Wildman–Crippen MR) is 68.1 cm³/mol. The van der Waals surface area contributed by atoms with Gasteiger partial charge in [-0.25, -0.2) is 5.06 Å². The summed E-state index contributed by atoms with van der Waals surface area (Å²) in [7, 11) is 0. The Labute approximate surface area is 106 Å². The van der Waals surface area contributed by atoms with Crippen molar-refractivity contribution in [2.24, 2.45) is 5.41 Å². The van der Waals surface area contributed by atoms with E-state index in [4.69, 9.17) is 28.0 Å². The van der Waals surface area contributed by atoms with Crippen molar-refractivity contribution in [1.29, 1.82) is 0 Å². The van der Waals surface area contributed by atoms with Crippen LogP contribution >= 0.6 is 23.2 Å². The minimum atomic E-state index is 0.117. The van der Waals surface area contributed by atoms with Gasteiger partial charge in [0.05, 0.1) is 23.4 Å². The molecule has 0 spiro atoms. The van der Waals surface area contributed by atoms with Crippen LogP contribution < -0.4 is 5.06 Å². The van der Waals surface area contributed by atoms with Crippen molar-refractivity contribution in [1.82, 2.24) is 0 Å². The fourth-order valence-corrected chi connectivity index (χ4v) is 2.09. The van der Waals surface area contributed by atoms with E-state index in [1.54, 1.807) is 12.1 Å². The average molecular weight is 260 g/mol. The molecule has 1 fully saturated rings. The lowest BCUT2D eigenvalue weighted by Crippen LogP contribution is -2.33. The van der Waals surface area contributed by atoms with Crippen LogP contribution in [-0.2, 0) is 4.84 Å². The summed E-state index contributed by atoms with van der Waals surface area (Å²) in [6.45, 7) is 7.17. The van der Waals surface area contributed by atoms with Gasteiger partial charge >= 0.3 is 0 Å². The Balaban J connectivity index is 2.35. The fraction of sp³-hybridized carbons (Fsp3) is 0.500. The van der Waals surface area contributed by atoms with Crippen LogP contribution in [0.3, 0.4) is 0 Å². The van der Waals surface area contributed by atoms with Gasteiger partial charge in [0.1, 0.15) is 0 Å². The van der Waals surface area contributed by atoms with Gasteiger partial charge in [-0.2, -0.15) is 0 Å². The minimum Gasteiger partial charge on any atom is -0.272 e. The molecule has 16 heavy (non-hydrogen) atoms. The van der Waals surface area contributed by atoms with E-state index in [9.17, 15) is 0 Å². The molecule has 1 heterocycles. The van der Waals surface area contributed by atoms with Crippen molar-refractivity contribution >= 4 is 28.9 Å². The third kappa shape index (κ3) is 2.02. The molecule has 2 rings (SSSR count). The summed E-state index contributed by atoms with van der Waals surface area (Å²) >= 11 is 12.1. The van der Waals surface area contributed by atoms with Crippen molar-refractivity contribution < 1.29 is 4.84 Å². The van der Waals surface area contributed by atoms with Gasteiger partial charge in [-0.15, -0.1) is 0 Å². The smallest absolute Gasteiger partial charge is 0.0841 e. The third-order valence-electron chi connectivity index (χ3n) is 3.20. The molecular formula is C12H15Cl2NO. The monoisotopic (exact) mass is 259 g/mol. The van der Waals surface area contributed by atoms with Crippen molar-refractivity contribution in [3.63, 3.8) is 0 Å². The normalized spacial score (nSPS) is 23.8. The Morgan fingerprint density at radius 2 is 2.06 bits per heavy atom. The van der Waals surface area contributed by atoms with Gasteiger partial charge in [0.25, 0.3) is 0 Å². The van der Waals surface area contributed by atoms with Crippen LogP contribution in [0.15, 0.2) is 18.2 Å². The molecule has 0 radical (unpaired) electrons. The highest BCUT2D eigenvalue weighted by molar-refractivity contribution is 6.35. The van der Waals surface area contributed by atoms with E-state index >= 15 is 0 Å². The van der Waals surface area contributed by atoms with Gasteiger partial charge in [-0.1, -0.05) is 37.0 Å². The van der Waals surface area contributed by atoms with E-state index in [-0.39, 0.29) is 11.5 Å². The van der Waals surface area contributed by atoms with E-state index in [2.05, 4.69) is 20.8 Å². The summed E-state index contributed by atoms with van der Waals surface area (Å²) in [5.41, 5.74) is 0.957. The quantitative estimate of drug-likeness (QED) is 0.751. The highest BCUT2D eigenvalue weighted by Gasteiger charge is 2.39. The van der Waals surface area contributed by atoms with Crippen LogP contribution in [-0.4, -0.2) is 12.6 Å². The highest BCUT2D eigenvalue weighted by atomic mass is 35.5. The molecule has 0 saturated carbocycles. The molecule has 1 aliphatic rings. The maximum Gasteiger partial charge on any atom is 0.0841 e. The molecule has 1 atom stereocenters. The number of hydrogen-bond acceptors (Lipinski definition) is 2. The molecule has 1 aromatic carbocycles. The zero-order chi connectivity index (χ0) is 11.9. The lowest BCUT2D eigenvalue weighted by molar-refractivity contribution is 0.142. The van der Waals surface area contributed by atoms with Crippen molar-refractivity contribution in [2.45, 2.75) is 26.8 Å². The largest absolute Gasteiger partial charge is 0.272 e. The van der Waals surface area contributed by atoms with Gasteiger partial charge in [0, 0.05) is 10.4 Å². The zero-order valence-corrected chi connectivity index (χ0v) is 11.1. The molecule has 1 aromatic rings.